The number of benzene rings is 2. The molecule has 1 aliphatic rings. The number of nitrogens with one attached hydrogen (secondary N) is 1. The molecule has 0 unspecified atom stereocenters. The highest BCUT2D eigenvalue weighted by Crippen LogP contribution is 2.38. The second-order valence-corrected chi connectivity index (χ2v) is 9.70. The number of carbonyl (C=O) groups excluding carboxylic acids is 3. The van der Waals surface area contributed by atoms with E-state index in [4.69, 9.17) is 9.47 Å². The van der Waals surface area contributed by atoms with Crippen LogP contribution in [0, 0.1) is 10.5 Å². The monoisotopic (exact) mass is 580 g/mol. The summed E-state index contributed by atoms with van der Waals surface area (Å²) >= 11 is 3.02. The Kier molecular flexibility index (Phi) is 8.41. The minimum Gasteiger partial charge on any atom is -0.493 e. The third kappa shape index (κ3) is 6.08. The van der Waals surface area contributed by atoms with Crippen LogP contribution < -0.4 is 14.8 Å². The number of hydrogen-bond donors (Lipinski definition) is 1. The van der Waals surface area contributed by atoms with Crippen LogP contribution in [0.1, 0.15) is 31.4 Å². The predicted octanol–water partition coefficient (Wildman–Crippen LogP) is 5.46. The van der Waals surface area contributed by atoms with E-state index in [1.807, 2.05) is 51.1 Å². The van der Waals surface area contributed by atoms with E-state index in [2.05, 4.69) is 27.9 Å². The highest BCUT2D eigenvalue weighted by atomic mass is 127. The van der Waals surface area contributed by atoms with Crippen molar-refractivity contribution >= 4 is 63.2 Å². The normalized spacial score (nSPS) is 15.7. The van der Waals surface area contributed by atoms with Gasteiger partial charge in [0.05, 0.1) is 15.6 Å². The average Bonchev–Trinajstić information content (AvgIpc) is 3.06. The lowest BCUT2D eigenvalue weighted by atomic mass is 10.1. The Bertz CT molecular complexity index is 1100. The van der Waals surface area contributed by atoms with E-state index in [9.17, 15) is 14.4 Å². The topological polar surface area (TPSA) is 84.9 Å². The van der Waals surface area contributed by atoms with Gasteiger partial charge in [-0.2, -0.15) is 0 Å². The Morgan fingerprint density at radius 3 is 2.58 bits per heavy atom. The lowest BCUT2D eigenvalue weighted by Gasteiger charge is -2.19. The molecular weight excluding hydrogens is 555 g/mol. The number of amides is 3. The van der Waals surface area contributed by atoms with Crippen LogP contribution in [0.4, 0.5) is 10.5 Å². The molecule has 0 aromatic heterocycles. The molecule has 1 N–H and O–H groups in total. The van der Waals surface area contributed by atoms with Crippen LogP contribution in [0.15, 0.2) is 41.3 Å². The molecule has 0 radical (unpaired) electrons. The van der Waals surface area contributed by atoms with Crippen molar-refractivity contribution in [1.82, 2.24) is 4.90 Å². The van der Waals surface area contributed by atoms with E-state index in [1.54, 1.807) is 12.1 Å². The number of ether oxygens (including phenoxy) is 2. The summed E-state index contributed by atoms with van der Waals surface area (Å²) < 4.78 is 11.9. The van der Waals surface area contributed by atoms with Crippen molar-refractivity contribution in [1.29, 1.82) is 0 Å². The number of anilines is 1. The van der Waals surface area contributed by atoms with Crippen molar-refractivity contribution in [2.75, 3.05) is 19.0 Å². The predicted molar refractivity (Wildman–Crippen MR) is 139 cm³/mol. The van der Waals surface area contributed by atoms with Gasteiger partial charge < -0.3 is 14.8 Å². The molecule has 2 aromatic rings. The van der Waals surface area contributed by atoms with E-state index < -0.39 is 0 Å². The summed E-state index contributed by atoms with van der Waals surface area (Å²) in [4.78, 5) is 38.9. The van der Waals surface area contributed by atoms with Gasteiger partial charge in [-0.25, -0.2) is 0 Å². The largest absolute Gasteiger partial charge is 0.493 e. The third-order valence-electron chi connectivity index (χ3n) is 5.09. The number of imide groups is 1. The first kappa shape index (κ1) is 25.1. The van der Waals surface area contributed by atoms with Gasteiger partial charge in [0.25, 0.3) is 17.1 Å². The maximum absolute atomic E-state index is 12.7. The summed E-state index contributed by atoms with van der Waals surface area (Å²) in [7, 11) is 1.51. The summed E-state index contributed by atoms with van der Waals surface area (Å²) in [6, 6.07) is 10.9. The molecule has 3 rings (SSSR count). The number of nitrogens with zero attached hydrogens (tertiary/aromatic N) is 1. The highest BCUT2D eigenvalue weighted by molar-refractivity contribution is 14.1. The average molecular weight is 580 g/mol. The fraction of sp³-hybridized carbons (Fsp3) is 0.292. The molecule has 9 heteroatoms. The SMILES string of the molecule is CC[C@H](C)N1C(=O)S/C(=C/c2cc(I)c(OCC(=O)Nc3ccc(C)cc3)c(OC)c2)C1=O. The molecule has 1 saturated heterocycles. The summed E-state index contributed by atoms with van der Waals surface area (Å²) in [5.41, 5.74) is 2.49. The Balaban J connectivity index is 1.74. The zero-order valence-electron chi connectivity index (χ0n) is 18.8. The van der Waals surface area contributed by atoms with Crippen LogP contribution in [0.5, 0.6) is 11.5 Å². The van der Waals surface area contributed by atoms with Crippen molar-refractivity contribution in [3.8, 4) is 11.5 Å². The zero-order valence-corrected chi connectivity index (χ0v) is 21.8. The first-order valence-electron chi connectivity index (χ1n) is 10.4. The van der Waals surface area contributed by atoms with Gasteiger partial charge in [-0.05, 0) is 90.5 Å². The Hall–Kier alpha value is -2.53. The molecule has 1 heterocycles. The molecule has 1 atom stereocenters. The van der Waals surface area contributed by atoms with Crippen molar-refractivity contribution < 1.29 is 23.9 Å². The first-order chi connectivity index (χ1) is 15.7. The number of halogens is 1. The van der Waals surface area contributed by atoms with Crippen molar-refractivity contribution in [2.24, 2.45) is 0 Å². The molecule has 0 saturated carbocycles. The molecule has 1 aliphatic heterocycles. The van der Waals surface area contributed by atoms with Gasteiger partial charge in [-0.3, -0.25) is 19.3 Å². The number of thioether (sulfide) groups is 1. The Morgan fingerprint density at radius 2 is 1.94 bits per heavy atom. The second kappa shape index (κ2) is 11.1. The molecule has 0 aliphatic carbocycles. The minimum atomic E-state index is -0.292. The molecule has 1 fully saturated rings. The summed E-state index contributed by atoms with van der Waals surface area (Å²) in [6.45, 7) is 5.58. The third-order valence-corrected chi connectivity index (χ3v) is 6.77. The van der Waals surface area contributed by atoms with Gasteiger partial charge >= 0.3 is 0 Å². The molecule has 3 amide bonds. The zero-order chi connectivity index (χ0) is 24.1. The molecule has 33 heavy (non-hydrogen) atoms. The van der Waals surface area contributed by atoms with E-state index in [0.717, 1.165) is 17.3 Å². The molecule has 0 spiro atoms. The van der Waals surface area contributed by atoms with Gasteiger partial charge in [-0.15, -0.1) is 0 Å². The summed E-state index contributed by atoms with van der Waals surface area (Å²) in [5.74, 6) is 0.278. The van der Waals surface area contributed by atoms with Crippen LogP contribution in [-0.2, 0) is 9.59 Å². The van der Waals surface area contributed by atoms with E-state index in [-0.39, 0.29) is 29.7 Å². The van der Waals surface area contributed by atoms with Crippen molar-refractivity contribution in [2.45, 2.75) is 33.2 Å². The minimum absolute atomic E-state index is 0.153. The number of carbonyl (C=O) groups is 3. The van der Waals surface area contributed by atoms with E-state index in [0.29, 0.717) is 37.6 Å². The fourth-order valence-electron chi connectivity index (χ4n) is 3.13. The van der Waals surface area contributed by atoms with Gasteiger partial charge in [0, 0.05) is 11.7 Å². The molecule has 2 aromatic carbocycles. The second-order valence-electron chi connectivity index (χ2n) is 7.55. The number of aryl methyl sites for hydroxylation is 1. The van der Waals surface area contributed by atoms with Crippen LogP contribution in [-0.4, -0.2) is 41.7 Å². The maximum atomic E-state index is 12.7. The maximum Gasteiger partial charge on any atom is 0.293 e. The van der Waals surface area contributed by atoms with Crippen LogP contribution in [0.3, 0.4) is 0 Å². The first-order valence-corrected chi connectivity index (χ1v) is 12.3. The van der Waals surface area contributed by atoms with E-state index in [1.165, 1.54) is 12.0 Å². The fourth-order valence-corrected chi connectivity index (χ4v) is 4.84. The van der Waals surface area contributed by atoms with Gasteiger partial charge in [-0.1, -0.05) is 24.6 Å². The van der Waals surface area contributed by atoms with Gasteiger partial charge in [0.2, 0.25) is 0 Å². The van der Waals surface area contributed by atoms with Crippen molar-refractivity contribution in [3.63, 3.8) is 0 Å². The van der Waals surface area contributed by atoms with Gasteiger partial charge in [0.15, 0.2) is 18.1 Å². The molecular formula is C24H25IN2O5S. The number of hydrogen-bond acceptors (Lipinski definition) is 6. The lowest BCUT2D eigenvalue weighted by Crippen LogP contribution is -2.36. The van der Waals surface area contributed by atoms with Gasteiger partial charge in [0.1, 0.15) is 0 Å². The smallest absolute Gasteiger partial charge is 0.293 e. The molecule has 174 valence electrons. The van der Waals surface area contributed by atoms with Crippen LogP contribution in [0.25, 0.3) is 6.08 Å². The van der Waals surface area contributed by atoms with E-state index >= 15 is 0 Å². The quantitative estimate of drug-likeness (QED) is 0.330. The molecule has 7 nitrogen and oxygen atoms in total. The van der Waals surface area contributed by atoms with Crippen LogP contribution >= 0.6 is 34.4 Å². The standard InChI is InChI=1S/C24H25IN2O5S/c1-5-15(3)27-23(29)20(33-24(27)30)12-16-10-18(25)22(19(11-16)31-4)32-13-21(28)26-17-8-6-14(2)7-9-17/h6-12,15H,5,13H2,1-4H3,(H,26,28)/b20-12+/t15-/m0/s1. The Labute approximate surface area is 211 Å². The Morgan fingerprint density at radius 1 is 1.24 bits per heavy atom. The summed E-state index contributed by atoms with van der Waals surface area (Å²) in [5, 5.41) is 2.53. The number of methoxy groups -OCH3 is 1. The highest BCUT2D eigenvalue weighted by Gasteiger charge is 2.37. The van der Waals surface area contributed by atoms with Crippen LogP contribution in [0.2, 0.25) is 0 Å². The summed E-state index contributed by atoms with van der Waals surface area (Å²) in [6.07, 6.45) is 2.37. The van der Waals surface area contributed by atoms with Crippen molar-refractivity contribution in [3.05, 3.63) is 56.0 Å². The number of rotatable bonds is 8. The molecule has 0 bridgehead atoms. The lowest BCUT2D eigenvalue weighted by molar-refractivity contribution is -0.124.